The van der Waals surface area contributed by atoms with Gasteiger partial charge in [-0.3, -0.25) is 4.68 Å². The zero-order valence-corrected chi connectivity index (χ0v) is 22.4. The van der Waals surface area contributed by atoms with Crippen LogP contribution < -0.4 is 15.4 Å². The quantitative estimate of drug-likeness (QED) is 0.391. The Balaban J connectivity index is 1.25. The van der Waals surface area contributed by atoms with Gasteiger partial charge < -0.3 is 25.2 Å². The molecule has 1 aliphatic carbocycles. The van der Waals surface area contributed by atoms with E-state index in [4.69, 9.17) is 14.6 Å². The van der Waals surface area contributed by atoms with Gasteiger partial charge in [0.15, 0.2) is 15.6 Å². The van der Waals surface area contributed by atoms with Crippen LogP contribution in [0.25, 0.3) is 0 Å². The zero-order chi connectivity index (χ0) is 26.5. The highest BCUT2D eigenvalue weighted by atomic mass is 32.2. The van der Waals surface area contributed by atoms with E-state index in [1.807, 2.05) is 16.9 Å². The number of pyridine rings is 1. The van der Waals surface area contributed by atoms with Crippen LogP contribution in [0.2, 0.25) is 0 Å². The number of sulfone groups is 1. The molecule has 3 aliphatic rings. The summed E-state index contributed by atoms with van der Waals surface area (Å²) in [6.07, 6.45) is 8.98. The number of nitrogens with one attached hydrogen (secondary N) is 2. The number of hydrogen-bond acceptors (Lipinski definition) is 9. The Labute approximate surface area is 222 Å². The van der Waals surface area contributed by atoms with Crippen LogP contribution in [0.15, 0.2) is 47.6 Å². The van der Waals surface area contributed by atoms with Gasteiger partial charge in [-0.15, -0.1) is 0 Å². The molecule has 6 rings (SSSR count). The largest absolute Gasteiger partial charge is 0.454 e. The van der Waals surface area contributed by atoms with Gasteiger partial charge in [0.25, 0.3) is 0 Å². The Morgan fingerprint density at radius 1 is 1.18 bits per heavy atom. The molecule has 2 unspecified atom stereocenters. The van der Waals surface area contributed by atoms with E-state index < -0.39 is 21.5 Å². The Hall–Kier alpha value is -2.99. The van der Waals surface area contributed by atoms with Crippen LogP contribution in [0.3, 0.4) is 0 Å². The number of rotatable bonds is 8. The molecule has 3 aromatic rings. The maximum absolute atomic E-state index is 12.4. The Morgan fingerprint density at radius 3 is 2.63 bits per heavy atom. The fourth-order valence-electron chi connectivity index (χ4n) is 5.20. The van der Waals surface area contributed by atoms with Gasteiger partial charge in [0.05, 0.1) is 28.8 Å². The molecular formula is C27H33N5O5S. The molecule has 2 atom stereocenters. The predicted octanol–water partition coefficient (Wildman–Crippen LogP) is 3.84. The summed E-state index contributed by atoms with van der Waals surface area (Å²) in [6.45, 7) is 3.56. The standard InChI is InChI=1S/C27H33N5O5S/c1-27(33)16-29-26(27)21-13-18(3-6-23(21)38(2,34)35)30-24-14-20(7-10-28-24)37-22-15-32(19-4-5-19)31-25(22)17-8-11-36-12-9-17/h3,6-7,10,13-15,17,19,26,29,33H,4-5,8-9,11-12,16H2,1-2H3,(H,28,30). The molecule has 2 aliphatic heterocycles. The third kappa shape index (κ3) is 5.15. The number of ether oxygens (including phenoxy) is 2. The fourth-order valence-corrected chi connectivity index (χ4v) is 6.12. The van der Waals surface area contributed by atoms with Gasteiger partial charge in [0.2, 0.25) is 0 Å². The van der Waals surface area contributed by atoms with Gasteiger partial charge >= 0.3 is 0 Å². The summed E-state index contributed by atoms with van der Waals surface area (Å²) < 4.78 is 38.8. The minimum atomic E-state index is -3.48. The van der Waals surface area contributed by atoms with Crippen molar-refractivity contribution in [3.63, 3.8) is 0 Å². The lowest BCUT2D eigenvalue weighted by Gasteiger charge is -2.44. The second-order valence-corrected chi connectivity index (χ2v) is 12.8. The van der Waals surface area contributed by atoms with E-state index in [9.17, 15) is 13.5 Å². The maximum atomic E-state index is 12.4. The molecule has 2 saturated heterocycles. The fraction of sp³-hybridized carbons (Fsp3) is 0.481. The SMILES string of the molecule is CC1(O)CNC1c1cc(Nc2cc(Oc3cn(C4CC4)nc3C3CCOCC3)ccn2)ccc1S(C)(=O)=O. The number of aromatic nitrogens is 3. The van der Waals surface area contributed by atoms with E-state index in [0.717, 1.165) is 50.3 Å². The summed E-state index contributed by atoms with van der Waals surface area (Å²) in [7, 11) is -3.48. The Kier molecular flexibility index (Phi) is 6.42. The topological polar surface area (TPSA) is 128 Å². The van der Waals surface area contributed by atoms with Crippen molar-refractivity contribution >= 4 is 21.3 Å². The summed E-state index contributed by atoms with van der Waals surface area (Å²) in [4.78, 5) is 4.62. The monoisotopic (exact) mass is 539 g/mol. The molecule has 3 N–H and O–H groups in total. The van der Waals surface area contributed by atoms with Crippen molar-refractivity contribution in [3.05, 3.63) is 54.0 Å². The van der Waals surface area contributed by atoms with Crippen molar-refractivity contribution in [2.24, 2.45) is 0 Å². The van der Waals surface area contributed by atoms with Crippen molar-refractivity contribution in [1.82, 2.24) is 20.1 Å². The average Bonchev–Trinajstić information content (AvgIpc) is 3.64. The second-order valence-electron chi connectivity index (χ2n) is 10.8. The summed E-state index contributed by atoms with van der Waals surface area (Å²) in [5.74, 6) is 2.25. The number of aliphatic hydroxyl groups is 1. The highest BCUT2D eigenvalue weighted by Gasteiger charge is 2.43. The zero-order valence-electron chi connectivity index (χ0n) is 21.6. The van der Waals surface area contributed by atoms with E-state index in [0.29, 0.717) is 41.3 Å². The number of anilines is 2. The number of hydrogen-bond donors (Lipinski definition) is 3. The van der Waals surface area contributed by atoms with Crippen LogP contribution in [-0.4, -0.2) is 59.9 Å². The molecule has 0 radical (unpaired) electrons. The lowest BCUT2D eigenvalue weighted by atomic mass is 9.83. The van der Waals surface area contributed by atoms with E-state index in [1.54, 1.807) is 37.4 Å². The van der Waals surface area contributed by atoms with Crippen LogP contribution in [0.4, 0.5) is 11.5 Å². The van der Waals surface area contributed by atoms with Gasteiger partial charge in [-0.05, 0) is 62.4 Å². The van der Waals surface area contributed by atoms with Crippen LogP contribution in [0.1, 0.15) is 61.9 Å². The van der Waals surface area contributed by atoms with Crippen LogP contribution in [0, 0.1) is 0 Å². The average molecular weight is 540 g/mol. The molecule has 202 valence electrons. The molecule has 10 nitrogen and oxygen atoms in total. The van der Waals surface area contributed by atoms with E-state index >= 15 is 0 Å². The first kappa shape index (κ1) is 25.3. The number of benzene rings is 1. The number of nitrogens with zero attached hydrogens (tertiary/aromatic N) is 3. The first-order valence-corrected chi connectivity index (χ1v) is 14.9. The van der Waals surface area contributed by atoms with Crippen molar-refractivity contribution in [3.8, 4) is 11.5 Å². The molecule has 0 spiro atoms. The minimum Gasteiger partial charge on any atom is -0.454 e. The molecule has 0 bridgehead atoms. The molecular weight excluding hydrogens is 506 g/mol. The van der Waals surface area contributed by atoms with Gasteiger partial charge in [0.1, 0.15) is 17.3 Å². The molecule has 0 amide bonds. The third-order valence-electron chi connectivity index (χ3n) is 7.49. The Bertz CT molecular complexity index is 1440. The smallest absolute Gasteiger partial charge is 0.175 e. The third-order valence-corrected chi connectivity index (χ3v) is 8.66. The van der Waals surface area contributed by atoms with Crippen molar-refractivity contribution in [2.45, 2.75) is 61.1 Å². The number of β-amino-alcohol motifs (C(OH)–C–C–N with tert-alkyl or cyclic N) is 1. The summed E-state index contributed by atoms with van der Waals surface area (Å²) in [5, 5.41) is 21.9. The van der Waals surface area contributed by atoms with Gasteiger partial charge in [-0.1, -0.05) is 0 Å². The second kappa shape index (κ2) is 9.64. The molecule has 4 heterocycles. The maximum Gasteiger partial charge on any atom is 0.175 e. The highest BCUT2D eigenvalue weighted by Crippen LogP contribution is 2.41. The van der Waals surface area contributed by atoms with Crippen LogP contribution in [-0.2, 0) is 14.6 Å². The van der Waals surface area contributed by atoms with E-state index in [2.05, 4.69) is 15.6 Å². The lowest BCUT2D eigenvalue weighted by Crippen LogP contribution is -2.60. The highest BCUT2D eigenvalue weighted by molar-refractivity contribution is 7.90. The molecule has 1 saturated carbocycles. The molecule has 3 fully saturated rings. The van der Waals surface area contributed by atoms with Crippen molar-refractivity contribution in [2.75, 3.05) is 31.3 Å². The van der Waals surface area contributed by atoms with Gasteiger partial charge in [-0.25, -0.2) is 13.4 Å². The van der Waals surface area contributed by atoms with Crippen molar-refractivity contribution < 1.29 is 23.0 Å². The van der Waals surface area contributed by atoms with E-state index in [-0.39, 0.29) is 4.90 Å². The minimum absolute atomic E-state index is 0.193. The first-order chi connectivity index (χ1) is 18.2. The molecule has 38 heavy (non-hydrogen) atoms. The summed E-state index contributed by atoms with van der Waals surface area (Å²) in [6, 6.07) is 8.60. The van der Waals surface area contributed by atoms with Crippen molar-refractivity contribution in [1.29, 1.82) is 0 Å². The van der Waals surface area contributed by atoms with Gasteiger partial charge in [-0.2, -0.15) is 5.10 Å². The first-order valence-electron chi connectivity index (χ1n) is 13.0. The summed E-state index contributed by atoms with van der Waals surface area (Å²) in [5.41, 5.74) is 1.13. The predicted molar refractivity (Wildman–Crippen MR) is 142 cm³/mol. The van der Waals surface area contributed by atoms with Crippen LogP contribution >= 0.6 is 0 Å². The van der Waals surface area contributed by atoms with Crippen LogP contribution in [0.5, 0.6) is 11.5 Å². The summed E-state index contributed by atoms with van der Waals surface area (Å²) >= 11 is 0. The molecule has 11 heteroatoms. The molecule has 1 aromatic carbocycles. The molecule has 2 aromatic heterocycles. The normalized spacial score (nSPS) is 24.1. The Morgan fingerprint density at radius 2 is 1.97 bits per heavy atom. The van der Waals surface area contributed by atoms with E-state index in [1.165, 1.54) is 6.26 Å². The van der Waals surface area contributed by atoms with Gasteiger partial charge in [0, 0.05) is 49.9 Å². The lowest BCUT2D eigenvalue weighted by molar-refractivity contribution is -0.0436.